The molecule has 9 rings (SSSR count). The van der Waals surface area contributed by atoms with Gasteiger partial charge in [-0.3, -0.25) is 4.57 Å². The summed E-state index contributed by atoms with van der Waals surface area (Å²) < 4.78 is 4.93. The molecule has 0 radical (unpaired) electrons. The molecular weight excluding hydrogens is 482 g/mol. The minimum atomic E-state index is 0.858. The lowest BCUT2D eigenvalue weighted by Crippen LogP contribution is -2.03. The molecule has 0 aliphatic carbocycles. The van der Waals surface area contributed by atoms with E-state index in [9.17, 15) is 0 Å². The van der Waals surface area contributed by atoms with Crippen molar-refractivity contribution >= 4 is 75.1 Å². The van der Waals surface area contributed by atoms with Crippen molar-refractivity contribution in [2.24, 2.45) is 0 Å². The van der Waals surface area contributed by atoms with Crippen molar-refractivity contribution in [1.82, 2.24) is 14.5 Å². The van der Waals surface area contributed by atoms with Gasteiger partial charge in [0.15, 0.2) is 5.82 Å². The zero-order valence-electron chi connectivity index (χ0n) is 20.2. The van der Waals surface area contributed by atoms with Crippen LogP contribution in [0.1, 0.15) is 0 Å². The molecule has 38 heavy (non-hydrogen) atoms. The van der Waals surface area contributed by atoms with Crippen molar-refractivity contribution in [3.8, 4) is 17.1 Å². The van der Waals surface area contributed by atoms with Gasteiger partial charge in [0.05, 0.1) is 22.1 Å². The molecule has 3 nitrogen and oxygen atoms in total. The molecule has 0 unspecified atom stereocenters. The van der Waals surface area contributed by atoms with Crippen molar-refractivity contribution in [2.75, 3.05) is 0 Å². The lowest BCUT2D eigenvalue weighted by Gasteiger charge is -2.14. The Morgan fingerprint density at radius 1 is 0.474 bits per heavy atom. The lowest BCUT2D eigenvalue weighted by molar-refractivity contribution is 1.08. The predicted molar refractivity (Wildman–Crippen MR) is 161 cm³/mol. The summed E-state index contributed by atoms with van der Waals surface area (Å²) in [6, 6.07) is 40.9. The fourth-order valence-corrected chi connectivity index (χ4v) is 7.31. The van der Waals surface area contributed by atoms with Gasteiger partial charge in [0, 0.05) is 36.5 Å². The summed E-state index contributed by atoms with van der Waals surface area (Å²) in [7, 11) is 0. The van der Waals surface area contributed by atoms with Gasteiger partial charge < -0.3 is 0 Å². The first-order valence-electron chi connectivity index (χ1n) is 12.8. The Morgan fingerprint density at radius 2 is 1.05 bits per heavy atom. The summed E-state index contributed by atoms with van der Waals surface area (Å²) in [5, 5.41) is 7.75. The van der Waals surface area contributed by atoms with Crippen molar-refractivity contribution in [2.45, 2.75) is 0 Å². The molecule has 0 fully saturated rings. The molecule has 6 aromatic carbocycles. The van der Waals surface area contributed by atoms with Gasteiger partial charge in [-0.1, -0.05) is 78.9 Å². The summed E-state index contributed by atoms with van der Waals surface area (Å²) in [5.41, 5.74) is 6.05. The van der Waals surface area contributed by atoms with E-state index >= 15 is 0 Å². The van der Waals surface area contributed by atoms with Gasteiger partial charge in [0.2, 0.25) is 0 Å². The molecule has 0 aliphatic rings. The molecule has 4 heteroatoms. The van der Waals surface area contributed by atoms with Gasteiger partial charge >= 0.3 is 0 Å². The highest BCUT2D eigenvalue weighted by Gasteiger charge is 2.23. The largest absolute Gasteiger partial charge is 0.292 e. The standard InChI is InChI=1S/C34H19N3S/c1-2-8-22(9-3-1)33-34(36-24-13-5-4-12-23(24)35-33)37-25-18-16-20-10-6-14-27-29(20)31(25)32-26(37)19-17-21-11-7-15-28(38-27)30(21)32/h1-19H. The summed E-state index contributed by atoms with van der Waals surface area (Å²) >= 11 is 1.88. The Balaban J connectivity index is 1.57. The number of hydrogen-bond acceptors (Lipinski definition) is 3. The number of nitrogens with zero attached hydrogens (tertiary/aromatic N) is 3. The average Bonchev–Trinajstić information content (AvgIpc) is 3.23. The first kappa shape index (κ1) is 20.3. The second-order valence-electron chi connectivity index (χ2n) is 9.82. The molecule has 0 saturated carbocycles. The van der Waals surface area contributed by atoms with Gasteiger partial charge in [-0.15, -0.1) is 11.3 Å². The average molecular weight is 502 g/mol. The molecule has 9 aromatic rings. The zero-order valence-corrected chi connectivity index (χ0v) is 21.0. The topological polar surface area (TPSA) is 30.7 Å². The van der Waals surface area contributed by atoms with E-state index in [1.807, 2.05) is 35.6 Å². The van der Waals surface area contributed by atoms with Crippen LogP contribution in [-0.4, -0.2) is 14.5 Å². The predicted octanol–water partition coefficient (Wildman–Crippen LogP) is 9.35. The molecule has 0 N–H and O–H groups in total. The zero-order chi connectivity index (χ0) is 24.8. The van der Waals surface area contributed by atoms with Gasteiger partial charge in [-0.05, 0) is 47.2 Å². The van der Waals surface area contributed by atoms with Crippen LogP contribution < -0.4 is 0 Å². The molecule has 0 atom stereocenters. The number of para-hydroxylation sites is 2. The van der Waals surface area contributed by atoms with E-state index in [4.69, 9.17) is 9.97 Å². The van der Waals surface area contributed by atoms with Gasteiger partial charge in [-0.25, -0.2) is 9.97 Å². The van der Waals surface area contributed by atoms with E-state index in [1.54, 1.807) is 0 Å². The van der Waals surface area contributed by atoms with E-state index in [0.717, 1.165) is 39.1 Å². The van der Waals surface area contributed by atoms with Crippen LogP contribution >= 0.6 is 11.3 Å². The van der Waals surface area contributed by atoms with Gasteiger partial charge in [0.25, 0.3) is 0 Å². The van der Waals surface area contributed by atoms with Crippen LogP contribution in [0.15, 0.2) is 115 Å². The van der Waals surface area contributed by atoms with E-state index in [0.29, 0.717) is 0 Å². The molecular formula is C34H19N3S. The van der Waals surface area contributed by atoms with Gasteiger partial charge in [0.1, 0.15) is 5.69 Å². The molecule has 176 valence electrons. The Kier molecular flexibility index (Phi) is 3.93. The Morgan fingerprint density at radius 3 is 1.68 bits per heavy atom. The molecule has 3 heterocycles. The highest BCUT2D eigenvalue weighted by Crippen LogP contribution is 2.46. The normalized spacial score (nSPS) is 12.2. The molecule has 0 bridgehead atoms. The third-order valence-corrected chi connectivity index (χ3v) is 8.85. The molecule has 0 saturated heterocycles. The second kappa shape index (κ2) is 7.37. The second-order valence-corrected chi connectivity index (χ2v) is 10.9. The number of hydrogen-bond donors (Lipinski definition) is 0. The van der Waals surface area contributed by atoms with Crippen molar-refractivity contribution in [3.63, 3.8) is 0 Å². The summed E-state index contributed by atoms with van der Waals surface area (Å²) in [6.45, 7) is 0. The van der Waals surface area contributed by atoms with E-state index in [2.05, 4.69) is 95.6 Å². The monoisotopic (exact) mass is 501 g/mol. The third kappa shape index (κ3) is 2.62. The molecule has 3 aromatic heterocycles. The van der Waals surface area contributed by atoms with Crippen LogP contribution in [0.5, 0.6) is 0 Å². The van der Waals surface area contributed by atoms with Crippen LogP contribution in [0.2, 0.25) is 0 Å². The van der Waals surface area contributed by atoms with Crippen LogP contribution in [-0.2, 0) is 0 Å². The Labute approximate surface area is 221 Å². The highest BCUT2D eigenvalue weighted by atomic mass is 32.1. The molecule has 0 amide bonds. The third-order valence-electron chi connectivity index (χ3n) is 7.73. The molecule has 0 spiro atoms. The van der Waals surface area contributed by atoms with E-state index < -0.39 is 0 Å². The maximum absolute atomic E-state index is 5.29. The lowest BCUT2D eigenvalue weighted by atomic mass is 10.00. The van der Waals surface area contributed by atoms with Gasteiger partial charge in [-0.2, -0.15) is 0 Å². The maximum Gasteiger partial charge on any atom is 0.165 e. The minimum absolute atomic E-state index is 0.858. The van der Waals surface area contributed by atoms with Crippen molar-refractivity contribution in [3.05, 3.63) is 115 Å². The van der Waals surface area contributed by atoms with Crippen LogP contribution in [0.25, 0.3) is 80.9 Å². The quantitative estimate of drug-likeness (QED) is 0.236. The van der Waals surface area contributed by atoms with Crippen LogP contribution in [0.3, 0.4) is 0 Å². The number of benzene rings is 6. The van der Waals surface area contributed by atoms with Crippen LogP contribution in [0, 0.1) is 0 Å². The van der Waals surface area contributed by atoms with Crippen LogP contribution in [0.4, 0.5) is 0 Å². The first-order valence-corrected chi connectivity index (χ1v) is 13.6. The van der Waals surface area contributed by atoms with E-state index in [1.165, 1.54) is 41.7 Å². The summed E-state index contributed by atoms with van der Waals surface area (Å²) in [6.07, 6.45) is 0. The fourth-order valence-electron chi connectivity index (χ4n) is 6.13. The molecule has 0 aliphatic heterocycles. The first-order chi connectivity index (χ1) is 18.8. The highest BCUT2D eigenvalue weighted by molar-refractivity contribution is 7.24. The number of fused-ring (bicyclic) bond motifs is 1. The Hall–Kier alpha value is -4.80. The van der Waals surface area contributed by atoms with Crippen molar-refractivity contribution in [1.29, 1.82) is 0 Å². The maximum atomic E-state index is 5.29. The SMILES string of the molecule is c1ccc(-c2nc3ccccc3nc2-n2c3ccc4cccc5sc6cccc7ccc2c(c76)c3c45)cc1. The Bertz CT molecular complexity index is 2240. The summed E-state index contributed by atoms with van der Waals surface area (Å²) in [5.74, 6) is 0.858. The summed E-state index contributed by atoms with van der Waals surface area (Å²) in [4.78, 5) is 10.5. The number of aromatic nitrogens is 3. The smallest absolute Gasteiger partial charge is 0.165 e. The minimum Gasteiger partial charge on any atom is -0.292 e. The van der Waals surface area contributed by atoms with Crippen molar-refractivity contribution < 1.29 is 0 Å². The van der Waals surface area contributed by atoms with E-state index in [-0.39, 0.29) is 0 Å². The fraction of sp³-hybridized carbons (Fsp3) is 0. The number of rotatable bonds is 2.